The van der Waals surface area contributed by atoms with Crippen LogP contribution in [-0.4, -0.2) is 22.8 Å². The first kappa shape index (κ1) is 13.3. The summed E-state index contributed by atoms with van der Waals surface area (Å²) in [5.74, 6) is 0.760. The van der Waals surface area contributed by atoms with Crippen LogP contribution in [0.1, 0.15) is 26.0 Å². The van der Waals surface area contributed by atoms with Crippen molar-refractivity contribution >= 4 is 22.6 Å². The third kappa shape index (κ3) is 2.51. The number of halogens is 1. The molecule has 0 aliphatic carbocycles. The van der Waals surface area contributed by atoms with E-state index in [1.165, 1.54) is 0 Å². The summed E-state index contributed by atoms with van der Waals surface area (Å²) in [7, 11) is 1.95. The molecule has 0 fully saturated rings. The van der Waals surface area contributed by atoms with Gasteiger partial charge in [0.05, 0.1) is 11.0 Å². The summed E-state index contributed by atoms with van der Waals surface area (Å²) >= 11 is 5.97. The maximum atomic E-state index is 5.97. The predicted octanol–water partition coefficient (Wildman–Crippen LogP) is 3.30. The summed E-state index contributed by atoms with van der Waals surface area (Å²) in [6.07, 6.45) is -0.434. The molecular weight excluding hydrogens is 252 g/mol. The van der Waals surface area contributed by atoms with Crippen molar-refractivity contribution in [1.82, 2.24) is 9.55 Å². The molecule has 0 radical (unpaired) electrons. The molecule has 0 bridgehead atoms. The monoisotopic (exact) mass is 268 g/mol. The van der Waals surface area contributed by atoms with Gasteiger partial charge in [-0.25, -0.2) is 4.98 Å². The molecule has 1 aromatic heterocycles. The van der Waals surface area contributed by atoms with Crippen LogP contribution in [0.3, 0.4) is 0 Å². The molecule has 5 heteroatoms. The molecule has 2 rings (SSSR count). The van der Waals surface area contributed by atoms with Crippen LogP contribution in [0.2, 0.25) is 5.02 Å². The Bertz CT molecular complexity index is 533. The molecular formula is C13H17ClN2O2. The number of benzene rings is 1. The molecule has 0 atom stereocenters. The smallest absolute Gasteiger partial charge is 0.217 e. The van der Waals surface area contributed by atoms with Crippen LogP contribution in [-0.2, 0) is 16.5 Å². The van der Waals surface area contributed by atoms with E-state index in [2.05, 4.69) is 4.98 Å². The van der Waals surface area contributed by atoms with Crippen molar-refractivity contribution in [3.63, 3.8) is 0 Å². The van der Waals surface area contributed by atoms with E-state index in [4.69, 9.17) is 21.1 Å². The molecule has 0 N–H and O–H groups in total. The minimum atomic E-state index is -0.434. The highest BCUT2D eigenvalue weighted by atomic mass is 35.5. The van der Waals surface area contributed by atoms with E-state index in [1.807, 2.05) is 43.7 Å². The number of aryl methyl sites for hydroxylation is 1. The summed E-state index contributed by atoms with van der Waals surface area (Å²) in [5.41, 5.74) is 1.86. The van der Waals surface area contributed by atoms with Gasteiger partial charge in [0.2, 0.25) is 6.29 Å². The first-order valence-electron chi connectivity index (χ1n) is 6.02. The Morgan fingerprint density at radius 3 is 2.56 bits per heavy atom. The predicted molar refractivity (Wildman–Crippen MR) is 71.7 cm³/mol. The fourth-order valence-corrected chi connectivity index (χ4v) is 2.07. The first-order chi connectivity index (χ1) is 8.67. The average Bonchev–Trinajstić information content (AvgIpc) is 2.66. The summed E-state index contributed by atoms with van der Waals surface area (Å²) in [6, 6.07) is 5.64. The summed E-state index contributed by atoms with van der Waals surface area (Å²) in [4.78, 5) is 4.54. The molecule has 0 aliphatic rings. The molecule has 4 nitrogen and oxygen atoms in total. The van der Waals surface area contributed by atoms with Gasteiger partial charge in [-0.15, -0.1) is 0 Å². The number of hydrogen-bond donors (Lipinski definition) is 0. The standard InChI is InChI=1S/C13H17ClN2O2/c1-4-17-13(18-5-2)12-15-10-8-9(14)6-7-11(10)16(12)3/h6-8,13H,4-5H2,1-3H3. The molecule has 0 aliphatic heterocycles. The van der Waals surface area contributed by atoms with Gasteiger partial charge in [-0.3, -0.25) is 0 Å². The van der Waals surface area contributed by atoms with Gasteiger partial charge < -0.3 is 14.0 Å². The Labute approximate surface area is 111 Å². The maximum Gasteiger partial charge on any atom is 0.217 e. The van der Waals surface area contributed by atoms with E-state index in [1.54, 1.807) is 0 Å². The minimum Gasteiger partial charge on any atom is -0.346 e. The Morgan fingerprint density at radius 2 is 1.94 bits per heavy atom. The fourth-order valence-electron chi connectivity index (χ4n) is 1.90. The summed E-state index contributed by atoms with van der Waals surface area (Å²) < 4.78 is 13.1. The van der Waals surface area contributed by atoms with E-state index < -0.39 is 6.29 Å². The molecule has 1 heterocycles. The van der Waals surface area contributed by atoms with Gasteiger partial charge in [-0.05, 0) is 32.0 Å². The van der Waals surface area contributed by atoms with Crippen LogP contribution in [0.15, 0.2) is 18.2 Å². The van der Waals surface area contributed by atoms with Gasteiger partial charge in [0.1, 0.15) is 0 Å². The Balaban J connectivity index is 2.45. The largest absolute Gasteiger partial charge is 0.346 e. The van der Waals surface area contributed by atoms with E-state index in [-0.39, 0.29) is 0 Å². The number of aromatic nitrogens is 2. The molecule has 0 unspecified atom stereocenters. The Hall–Kier alpha value is -1.10. The summed E-state index contributed by atoms with van der Waals surface area (Å²) in [6.45, 7) is 5.03. The third-order valence-corrected chi connectivity index (χ3v) is 2.96. The number of imidazole rings is 1. The van der Waals surface area contributed by atoms with E-state index in [0.29, 0.717) is 18.2 Å². The number of hydrogen-bond acceptors (Lipinski definition) is 3. The van der Waals surface area contributed by atoms with Crippen LogP contribution in [0, 0.1) is 0 Å². The van der Waals surface area contributed by atoms with Gasteiger partial charge in [-0.2, -0.15) is 0 Å². The Kier molecular flexibility index (Phi) is 4.22. The highest BCUT2D eigenvalue weighted by Gasteiger charge is 2.19. The molecule has 0 saturated heterocycles. The second-order valence-electron chi connectivity index (χ2n) is 3.90. The van der Waals surface area contributed by atoms with Crippen molar-refractivity contribution < 1.29 is 9.47 Å². The van der Waals surface area contributed by atoms with Crippen molar-refractivity contribution in [2.75, 3.05) is 13.2 Å². The number of fused-ring (bicyclic) bond motifs is 1. The second kappa shape index (κ2) is 5.69. The molecule has 1 aromatic carbocycles. The maximum absolute atomic E-state index is 5.97. The van der Waals surface area contributed by atoms with Crippen LogP contribution < -0.4 is 0 Å². The minimum absolute atomic E-state index is 0.434. The van der Waals surface area contributed by atoms with Crippen molar-refractivity contribution in [3.8, 4) is 0 Å². The van der Waals surface area contributed by atoms with E-state index >= 15 is 0 Å². The Morgan fingerprint density at radius 1 is 1.28 bits per heavy atom. The quantitative estimate of drug-likeness (QED) is 0.781. The highest BCUT2D eigenvalue weighted by molar-refractivity contribution is 6.31. The number of ether oxygens (including phenoxy) is 2. The van der Waals surface area contributed by atoms with Crippen LogP contribution in [0.25, 0.3) is 11.0 Å². The number of rotatable bonds is 5. The van der Waals surface area contributed by atoms with Crippen LogP contribution >= 0.6 is 11.6 Å². The van der Waals surface area contributed by atoms with Gasteiger partial charge >= 0.3 is 0 Å². The molecule has 18 heavy (non-hydrogen) atoms. The lowest BCUT2D eigenvalue weighted by Crippen LogP contribution is -2.13. The van der Waals surface area contributed by atoms with Gasteiger partial charge in [0.15, 0.2) is 5.82 Å². The lowest BCUT2D eigenvalue weighted by atomic mass is 10.3. The van der Waals surface area contributed by atoms with Crippen molar-refractivity contribution in [1.29, 1.82) is 0 Å². The zero-order valence-corrected chi connectivity index (χ0v) is 11.6. The first-order valence-corrected chi connectivity index (χ1v) is 6.40. The van der Waals surface area contributed by atoms with Gasteiger partial charge in [0, 0.05) is 25.3 Å². The number of nitrogens with zero attached hydrogens (tertiary/aromatic N) is 2. The second-order valence-corrected chi connectivity index (χ2v) is 4.34. The third-order valence-electron chi connectivity index (χ3n) is 2.72. The van der Waals surface area contributed by atoms with E-state index in [9.17, 15) is 0 Å². The summed E-state index contributed by atoms with van der Waals surface area (Å²) in [5, 5.41) is 0.677. The zero-order chi connectivity index (χ0) is 13.1. The lowest BCUT2D eigenvalue weighted by Gasteiger charge is -2.16. The highest BCUT2D eigenvalue weighted by Crippen LogP contribution is 2.25. The topological polar surface area (TPSA) is 36.3 Å². The lowest BCUT2D eigenvalue weighted by molar-refractivity contribution is -0.146. The van der Waals surface area contributed by atoms with Gasteiger partial charge in [-0.1, -0.05) is 11.6 Å². The normalized spacial score (nSPS) is 11.6. The molecule has 0 spiro atoms. The molecule has 0 amide bonds. The van der Waals surface area contributed by atoms with E-state index in [0.717, 1.165) is 16.9 Å². The SMILES string of the molecule is CCOC(OCC)c1nc2cc(Cl)ccc2n1C. The van der Waals surface area contributed by atoms with Crippen molar-refractivity contribution in [2.24, 2.45) is 7.05 Å². The van der Waals surface area contributed by atoms with Crippen molar-refractivity contribution in [2.45, 2.75) is 20.1 Å². The molecule has 0 saturated carbocycles. The van der Waals surface area contributed by atoms with Crippen molar-refractivity contribution in [3.05, 3.63) is 29.0 Å². The molecule has 2 aromatic rings. The van der Waals surface area contributed by atoms with Crippen LogP contribution in [0.5, 0.6) is 0 Å². The van der Waals surface area contributed by atoms with Gasteiger partial charge in [0.25, 0.3) is 0 Å². The molecule has 98 valence electrons. The fraction of sp³-hybridized carbons (Fsp3) is 0.462. The zero-order valence-electron chi connectivity index (χ0n) is 10.8. The van der Waals surface area contributed by atoms with Crippen LogP contribution in [0.4, 0.5) is 0 Å². The average molecular weight is 269 g/mol.